The summed E-state index contributed by atoms with van der Waals surface area (Å²) in [6.07, 6.45) is 6.56. The molecule has 0 spiro atoms. The summed E-state index contributed by atoms with van der Waals surface area (Å²) in [5.74, 6) is 1.79. The summed E-state index contributed by atoms with van der Waals surface area (Å²) in [5.41, 5.74) is 1.97. The van der Waals surface area contributed by atoms with Crippen molar-refractivity contribution in [2.75, 3.05) is 34.6 Å². The van der Waals surface area contributed by atoms with Crippen molar-refractivity contribution in [3.05, 3.63) is 25.0 Å². The van der Waals surface area contributed by atoms with E-state index in [4.69, 9.17) is 0 Å². The number of nitrogens with one attached hydrogen (secondary N) is 4. The maximum atomic E-state index is 3.97. The van der Waals surface area contributed by atoms with E-state index in [1.165, 1.54) is 12.7 Å². The number of fused-ring (bicyclic) bond motifs is 2. The fourth-order valence-electron chi connectivity index (χ4n) is 1.65. The molecule has 4 N–H and O–H groups in total. The van der Waals surface area contributed by atoms with Gasteiger partial charge in [-0.25, -0.2) is 19.9 Å². The molecule has 2 aliphatic rings. The van der Waals surface area contributed by atoms with Crippen molar-refractivity contribution in [3.63, 3.8) is 0 Å². The van der Waals surface area contributed by atoms with Gasteiger partial charge in [0.2, 0.25) is 0 Å². The van der Waals surface area contributed by atoms with Crippen molar-refractivity contribution in [3.8, 4) is 0 Å². The van der Waals surface area contributed by atoms with Gasteiger partial charge in [-0.2, -0.15) is 0 Å². The molecule has 0 saturated carbocycles. The Morgan fingerprint density at radius 2 is 1.22 bits per heavy atom. The Morgan fingerprint density at radius 1 is 0.722 bits per heavy atom. The van der Waals surface area contributed by atoms with Gasteiger partial charge in [-0.05, 0) is 0 Å². The lowest BCUT2D eigenvalue weighted by molar-refractivity contribution is 1.18. The second-order valence-corrected chi connectivity index (χ2v) is 3.63. The predicted molar refractivity (Wildman–Crippen MR) is 68.3 cm³/mol. The molecule has 92 valence electrons. The molecule has 0 bridgehead atoms. The van der Waals surface area contributed by atoms with Crippen LogP contribution in [0, 0.1) is 0 Å². The summed E-state index contributed by atoms with van der Waals surface area (Å²) in [6.45, 7) is 1.52. The molecule has 0 atom stereocenters. The fourth-order valence-corrected chi connectivity index (χ4v) is 1.65. The van der Waals surface area contributed by atoms with E-state index < -0.39 is 0 Å². The number of anilines is 4. The number of nitrogens with zero attached hydrogens (tertiary/aromatic N) is 4. The minimum Gasteiger partial charge on any atom is -0.364 e. The topological polar surface area (TPSA) is 99.7 Å². The van der Waals surface area contributed by atoms with Crippen LogP contribution < -0.4 is 21.3 Å². The van der Waals surface area contributed by atoms with Crippen molar-refractivity contribution in [2.24, 2.45) is 0 Å². The molecule has 0 amide bonds. The quantitative estimate of drug-likeness (QED) is 0.533. The van der Waals surface area contributed by atoms with Crippen LogP contribution in [0.3, 0.4) is 0 Å². The fraction of sp³-hybridized carbons (Fsp3) is 0.200. The first-order chi connectivity index (χ1) is 8.93. The molecule has 0 aliphatic carbocycles. The molecule has 4 rings (SSSR count). The normalized spacial score (nSPS) is 13.8. The van der Waals surface area contributed by atoms with Gasteiger partial charge in [-0.3, -0.25) is 0 Å². The maximum Gasteiger partial charge on any atom is 0.154 e. The van der Waals surface area contributed by atoms with E-state index >= 15 is 0 Å². The van der Waals surface area contributed by atoms with Crippen LogP contribution >= 0.6 is 0 Å². The highest BCUT2D eigenvalue weighted by Gasteiger charge is 2.08. The van der Waals surface area contributed by atoms with Crippen LogP contribution in [0.2, 0.25) is 0 Å². The summed E-state index contributed by atoms with van der Waals surface area (Å²) in [6, 6.07) is 0. The molecule has 0 fully saturated rings. The molecule has 4 heterocycles. The largest absolute Gasteiger partial charge is 0.364 e. The first-order valence-corrected chi connectivity index (χ1v) is 5.49. The summed E-state index contributed by atoms with van der Waals surface area (Å²) in [7, 11) is 0. The van der Waals surface area contributed by atoms with Crippen LogP contribution in [0.15, 0.2) is 25.0 Å². The average Bonchev–Trinajstić information content (AvgIpc) is 3.08. The number of aromatic nitrogens is 4. The van der Waals surface area contributed by atoms with E-state index in [1.807, 2.05) is 0 Å². The third kappa shape index (κ3) is 2.08. The van der Waals surface area contributed by atoms with Crippen LogP contribution in [-0.4, -0.2) is 33.3 Å². The van der Waals surface area contributed by atoms with Crippen molar-refractivity contribution in [2.45, 2.75) is 0 Å². The second-order valence-electron chi connectivity index (χ2n) is 3.63. The van der Waals surface area contributed by atoms with E-state index in [0.717, 1.165) is 36.3 Å². The summed E-state index contributed by atoms with van der Waals surface area (Å²) >= 11 is 0. The third-order valence-corrected chi connectivity index (χ3v) is 2.49. The second kappa shape index (κ2) is 4.70. The third-order valence-electron chi connectivity index (χ3n) is 2.49. The zero-order chi connectivity index (χ0) is 12.2. The molecule has 0 aromatic carbocycles. The molecule has 0 saturated heterocycles. The molecule has 8 nitrogen and oxygen atoms in total. The summed E-state index contributed by atoms with van der Waals surface area (Å²) < 4.78 is 0. The van der Waals surface area contributed by atoms with Crippen molar-refractivity contribution < 1.29 is 0 Å². The number of hydrogen-bond donors (Lipinski definition) is 4. The van der Waals surface area contributed by atoms with Crippen molar-refractivity contribution >= 4 is 23.0 Å². The first kappa shape index (κ1) is 10.5. The SMILES string of the molecule is c1ncc2c(n1)NCN2.c1ncc2c(n1)NCN2. The van der Waals surface area contributed by atoms with Gasteiger partial charge in [0.05, 0.1) is 37.1 Å². The van der Waals surface area contributed by atoms with Gasteiger partial charge in [0.1, 0.15) is 12.7 Å². The van der Waals surface area contributed by atoms with Gasteiger partial charge >= 0.3 is 0 Å². The van der Waals surface area contributed by atoms with Crippen LogP contribution in [0.25, 0.3) is 0 Å². The van der Waals surface area contributed by atoms with Gasteiger partial charge in [0.15, 0.2) is 11.6 Å². The highest BCUT2D eigenvalue weighted by molar-refractivity contribution is 5.67. The van der Waals surface area contributed by atoms with E-state index in [2.05, 4.69) is 41.2 Å². The molecular formula is C10H12N8. The Morgan fingerprint density at radius 3 is 1.67 bits per heavy atom. The lowest BCUT2D eigenvalue weighted by Gasteiger charge is -1.91. The molecule has 18 heavy (non-hydrogen) atoms. The van der Waals surface area contributed by atoms with E-state index in [0.29, 0.717) is 0 Å². The van der Waals surface area contributed by atoms with E-state index in [-0.39, 0.29) is 0 Å². The number of rotatable bonds is 0. The van der Waals surface area contributed by atoms with Gasteiger partial charge in [-0.1, -0.05) is 0 Å². The Bertz CT molecular complexity index is 447. The lowest BCUT2D eigenvalue weighted by Crippen LogP contribution is -1.99. The molecule has 2 aliphatic heterocycles. The Balaban J connectivity index is 0.000000111. The van der Waals surface area contributed by atoms with Gasteiger partial charge in [0.25, 0.3) is 0 Å². The highest BCUT2D eigenvalue weighted by atomic mass is 15.2. The highest BCUT2D eigenvalue weighted by Crippen LogP contribution is 2.20. The van der Waals surface area contributed by atoms with Crippen LogP contribution in [0.4, 0.5) is 23.0 Å². The van der Waals surface area contributed by atoms with Crippen LogP contribution in [-0.2, 0) is 0 Å². The van der Waals surface area contributed by atoms with Gasteiger partial charge in [0, 0.05) is 0 Å². The van der Waals surface area contributed by atoms with Crippen LogP contribution in [0.5, 0.6) is 0 Å². The average molecular weight is 244 g/mol. The molecular weight excluding hydrogens is 232 g/mol. The zero-order valence-electron chi connectivity index (χ0n) is 9.51. The Hall–Kier alpha value is -2.64. The standard InChI is InChI=1S/2C5H6N4/c2*1-4-5(8-2-6-1)9-3-7-4/h2*1-2,7H,3H2,(H,6,8,9). The van der Waals surface area contributed by atoms with Crippen LogP contribution in [0.1, 0.15) is 0 Å². The van der Waals surface area contributed by atoms with E-state index in [1.54, 1.807) is 12.4 Å². The predicted octanol–water partition coefficient (Wildman–Crippen LogP) is 0.543. The smallest absolute Gasteiger partial charge is 0.154 e. The maximum absolute atomic E-state index is 3.97. The Kier molecular flexibility index (Phi) is 2.74. The molecule has 0 unspecified atom stereocenters. The Labute approximate surface area is 103 Å². The van der Waals surface area contributed by atoms with Crippen molar-refractivity contribution in [1.29, 1.82) is 0 Å². The minimum absolute atomic E-state index is 0.758. The first-order valence-electron chi connectivity index (χ1n) is 5.49. The van der Waals surface area contributed by atoms with E-state index in [9.17, 15) is 0 Å². The summed E-state index contributed by atoms with van der Waals surface area (Å²) in [5, 5.41) is 12.2. The van der Waals surface area contributed by atoms with Gasteiger partial charge < -0.3 is 21.3 Å². The summed E-state index contributed by atoms with van der Waals surface area (Å²) in [4.78, 5) is 15.6. The number of hydrogen-bond acceptors (Lipinski definition) is 8. The van der Waals surface area contributed by atoms with Crippen molar-refractivity contribution in [1.82, 2.24) is 19.9 Å². The molecule has 2 aromatic rings. The molecule has 8 heteroatoms. The molecule has 0 radical (unpaired) electrons. The lowest BCUT2D eigenvalue weighted by atomic mass is 10.5. The monoisotopic (exact) mass is 244 g/mol. The molecule has 2 aromatic heterocycles. The zero-order valence-corrected chi connectivity index (χ0v) is 9.51. The minimum atomic E-state index is 0.758. The van der Waals surface area contributed by atoms with Gasteiger partial charge in [-0.15, -0.1) is 0 Å².